The minimum Gasteiger partial charge on any atom is -0.395 e. The van der Waals surface area contributed by atoms with Gasteiger partial charge in [0.25, 0.3) is 5.91 Å². The summed E-state index contributed by atoms with van der Waals surface area (Å²) in [4.78, 5) is 12.2. The van der Waals surface area contributed by atoms with Gasteiger partial charge in [-0.15, -0.1) is 0 Å². The van der Waals surface area contributed by atoms with Crippen molar-refractivity contribution >= 4 is 5.91 Å². The van der Waals surface area contributed by atoms with Gasteiger partial charge >= 0.3 is 0 Å². The molecule has 1 aliphatic rings. The van der Waals surface area contributed by atoms with Crippen LogP contribution in [-0.4, -0.2) is 36.9 Å². The maximum absolute atomic E-state index is 12.2. The van der Waals surface area contributed by atoms with Crippen LogP contribution in [0.4, 0.5) is 0 Å². The van der Waals surface area contributed by atoms with E-state index in [0.29, 0.717) is 18.5 Å². The quantitative estimate of drug-likeness (QED) is 0.828. The fraction of sp³-hybridized carbons (Fsp3) is 0.471. The van der Waals surface area contributed by atoms with Gasteiger partial charge in [0.15, 0.2) is 0 Å². The van der Waals surface area contributed by atoms with E-state index in [0.717, 1.165) is 30.6 Å². The van der Waals surface area contributed by atoms with Crippen molar-refractivity contribution in [3.05, 3.63) is 34.9 Å². The largest absolute Gasteiger partial charge is 0.395 e. The van der Waals surface area contributed by atoms with Crippen LogP contribution in [-0.2, 0) is 4.74 Å². The molecule has 1 amide bonds. The standard InChI is InChI=1S/C17H21NO3/c1-13-9-14(5-2-3-7-19)11-15(10-13)17(20)18-12-16-6-4-8-21-16/h9-11,16,19H,3-4,6-8,12H2,1H3,(H,18,20). The van der Waals surface area contributed by atoms with Gasteiger partial charge < -0.3 is 15.2 Å². The molecule has 4 nitrogen and oxygen atoms in total. The van der Waals surface area contributed by atoms with Crippen LogP contribution in [0, 0.1) is 18.8 Å². The van der Waals surface area contributed by atoms with Crippen molar-refractivity contribution in [3.8, 4) is 11.8 Å². The van der Waals surface area contributed by atoms with E-state index in [9.17, 15) is 4.79 Å². The lowest BCUT2D eigenvalue weighted by Crippen LogP contribution is -2.31. The van der Waals surface area contributed by atoms with E-state index in [1.165, 1.54) is 0 Å². The van der Waals surface area contributed by atoms with Gasteiger partial charge in [-0.1, -0.05) is 11.8 Å². The lowest BCUT2D eigenvalue weighted by Gasteiger charge is -2.11. The maximum Gasteiger partial charge on any atom is 0.251 e. The SMILES string of the molecule is Cc1cc(C#CCCO)cc(C(=O)NCC2CCCO2)c1. The number of amides is 1. The number of benzene rings is 1. The van der Waals surface area contributed by atoms with Crippen LogP contribution < -0.4 is 5.32 Å². The Morgan fingerprint density at radius 2 is 2.33 bits per heavy atom. The zero-order valence-corrected chi connectivity index (χ0v) is 12.3. The summed E-state index contributed by atoms with van der Waals surface area (Å²) in [6.07, 6.45) is 2.65. The first kappa shape index (κ1) is 15.6. The second-order valence-electron chi connectivity index (χ2n) is 5.21. The van der Waals surface area contributed by atoms with Crippen molar-refractivity contribution in [1.29, 1.82) is 0 Å². The zero-order valence-electron chi connectivity index (χ0n) is 12.3. The van der Waals surface area contributed by atoms with Crippen molar-refractivity contribution in [2.24, 2.45) is 0 Å². The molecule has 1 saturated heterocycles. The lowest BCUT2D eigenvalue weighted by molar-refractivity contribution is 0.0857. The molecule has 2 N–H and O–H groups in total. The fourth-order valence-corrected chi connectivity index (χ4v) is 2.32. The number of hydrogen-bond donors (Lipinski definition) is 2. The molecule has 0 spiro atoms. The summed E-state index contributed by atoms with van der Waals surface area (Å²) in [5, 5.41) is 11.6. The number of aliphatic hydroxyl groups excluding tert-OH is 1. The number of carbonyl (C=O) groups is 1. The third-order valence-electron chi connectivity index (χ3n) is 3.32. The van der Waals surface area contributed by atoms with Gasteiger partial charge in [-0.25, -0.2) is 0 Å². The molecule has 0 radical (unpaired) electrons. The van der Waals surface area contributed by atoms with Gasteiger partial charge in [0.2, 0.25) is 0 Å². The van der Waals surface area contributed by atoms with Crippen molar-refractivity contribution in [3.63, 3.8) is 0 Å². The highest BCUT2D eigenvalue weighted by atomic mass is 16.5. The number of carbonyl (C=O) groups excluding carboxylic acids is 1. The van der Waals surface area contributed by atoms with E-state index in [1.54, 1.807) is 6.07 Å². The highest BCUT2D eigenvalue weighted by Crippen LogP contribution is 2.12. The minimum atomic E-state index is -0.0978. The van der Waals surface area contributed by atoms with Crippen LogP contribution in [0.25, 0.3) is 0 Å². The predicted octanol–water partition coefficient (Wildman–Crippen LogP) is 1.64. The average molecular weight is 287 g/mol. The first-order chi connectivity index (χ1) is 10.2. The predicted molar refractivity (Wildman–Crippen MR) is 81.1 cm³/mol. The third kappa shape index (κ3) is 4.89. The van der Waals surface area contributed by atoms with Crippen LogP contribution in [0.5, 0.6) is 0 Å². The molecule has 4 heteroatoms. The first-order valence-electron chi connectivity index (χ1n) is 7.30. The van der Waals surface area contributed by atoms with Crippen LogP contribution in [0.3, 0.4) is 0 Å². The van der Waals surface area contributed by atoms with Crippen LogP contribution in [0.15, 0.2) is 18.2 Å². The maximum atomic E-state index is 12.2. The molecule has 1 aromatic rings. The molecule has 1 aromatic carbocycles. The molecule has 1 fully saturated rings. The highest BCUT2D eigenvalue weighted by molar-refractivity contribution is 5.94. The van der Waals surface area contributed by atoms with E-state index in [1.807, 2.05) is 19.1 Å². The molecule has 1 atom stereocenters. The number of nitrogens with one attached hydrogen (secondary N) is 1. The molecule has 2 rings (SSSR count). The van der Waals surface area contributed by atoms with Crippen LogP contribution in [0.2, 0.25) is 0 Å². The summed E-state index contributed by atoms with van der Waals surface area (Å²) in [6.45, 7) is 3.33. The van der Waals surface area contributed by atoms with E-state index >= 15 is 0 Å². The normalized spacial score (nSPS) is 17.1. The van der Waals surface area contributed by atoms with Gasteiger partial charge in [-0.2, -0.15) is 0 Å². The van der Waals surface area contributed by atoms with E-state index in [-0.39, 0.29) is 18.6 Å². The molecule has 112 valence electrons. The molecule has 0 aromatic heterocycles. The Morgan fingerprint density at radius 1 is 1.48 bits per heavy atom. The molecule has 0 aliphatic carbocycles. The Labute approximate surface area is 125 Å². The monoisotopic (exact) mass is 287 g/mol. The Bertz CT molecular complexity index is 551. The number of aryl methyl sites for hydroxylation is 1. The zero-order chi connectivity index (χ0) is 15.1. The van der Waals surface area contributed by atoms with Crippen molar-refractivity contribution in [2.75, 3.05) is 19.8 Å². The molecule has 1 unspecified atom stereocenters. The Balaban J connectivity index is 2.00. The van der Waals surface area contributed by atoms with Crippen molar-refractivity contribution in [1.82, 2.24) is 5.32 Å². The second kappa shape index (κ2) is 7.82. The summed E-state index contributed by atoms with van der Waals surface area (Å²) >= 11 is 0. The summed E-state index contributed by atoms with van der Waals surface area (Å²) in [5.41, 5.74) is 2.40. The van der Waals surface area contributed by atoms with Crippen molar-refractivity contribution in [2.45, 2.75) is 32.3 Å². The number of aliphatic hydroxyl groups is 1. The molecule has 0 saturated carbocycles. The van der Waals surface area contributed by atoms with Gasteiger partial charge in [0, 0.05) is 30.7 Å². The fourth-order valence-electron chi connectivity index (χ4n) is 2.32. The van der Waals surface area contributed by atoms with E-state index in [4.69, 9.17) is 9.84 Å². The summed E-state index contributed by atoms with van der Waals surface area (Å²) in [5.74, 6) is 5.74. The van der Waals surface area contributed by atoms with Gasteiger partial charge in [-0.05, 0) is 43.5 Å². The number of rotatable bonds is 4. The number of ether oxygens (including phenoxy) is 1. The second-order valence-corrected chi connectivity index (χ2v) is 5.21. The average Bonchev–Trinajstić information content (AvgIpc) is 2.98. The highest BCUT2D eigenvalue weighted by Gasteiger charge is 2.16. The Hall–Kier alpha value is -1.83. The Morgan fingerprint density at radius 3 is 3.05 bits per heavy atom. The van der Waals surface area contributed by atoms with Crippen molar-refractivity contribution < 1.29 is 14.6 Å². The lowest BCUT2D eigenvalue weighted by atomic mass is 10.1. The van der Waals surface area contributed by atoms with E-state index < -0.39 is 0 Å². The molecular formula is C17H21NO3. The minimum absolute atomic E-state index is 0.0492. The molecule has 21 heavy (non-hydrogen) atoms. The summed E-state index contributed by atoms with van der Waals surface area (Å²) in [7, 11) is 0. The van der Waals surface area contributed by atoms with Crippen LogP contribution in [0.1, 0.15) is 40.7 Å². The topological polar surface area (TPSA) is 58.6 Å². The third-order valence-corrected chi connectivity index (χ3v) is 3.32. The molecule has 1 aliphatic heterocycles. The number of hydrogen-bond acceptors (Lipinski definition) is 3. The molecule has 1 heterocycles. The van der Waals surface area contributed by atoms with Gasteiger partial charge in [0.1, 0.15) is 0 Å². The summed E-state index contributed by atoms with van der Waals surface area (Å²) in [6, 6.07) is 5.56. The molecule has 0 bridgehead atoms. The first-order valence-corrected chi connectivity index (χ1v) is 7.30. The molecular weight excluding hydrogens is 266 g/mol. The summed E-state index contributed by atoms with van der Waals surface area (Å²) < 4.78 is 5.49. The van der Waals surface area contributed by atoms with E-state index in [2.05, 4.69) is 17.2 Å². The Kier molecular flexibility index (Phi) is 5.79. The van der Waals surface area contributed by atoms with Crippen LogP contribution >= 0.6 is 0 Å². The smallest absolute Gasteiger partial charge is 0.251 e. The van der Waals surface area contributed by atoms with Gasteiger partial charge in [0.05, 0.1) is 12.7 Å². The van der Waals surface area contributed by atoms with Gasteiger partial charge in [-0.3, -0.25) is 4.79 Å².